The lowest BCUT2D eigenvalue weighted by atomic mass is 10.1. The normalized spacial score (nSPS) is 11.1. The molecular formula is C15H15N3S. The molecule has 0 saturated heterocycles. The molecule has 0 bridgehead atoms. The van der Waals surface area contributed by atoms with Crippen LogP contribution in [0.15, 0.2) is 47.8 Å². The van der Waals surface area contributed by atoms with Gasteiger partial charge >= 0.3 is 0 Å². The molecule has 0 saturated carbocycles. The molecule has 2 aromatic heterocycles. The van der Waals surface area contributed by atoms with Crippen molar-refractivity contribution in [3.8, 4) is 0 Å². The fourth-order valence-electron chi connectivity index (χ4n) is 2.07. The van der Waals surface area contributed by atoms with Crippen molar-refractivity contribution in [3.05, 3.63) is 54.1 Å². The van der Waals surface area contributed by atoms with Crippen LogP contribution in [-0.2, 0) is 12.8 Å². The summed E-state index contributed by atoms with van der Waals surface area (Å²) in [5, 5.41) is 2.28. The number of imidazole rings is 1. The second-order valence-corrected chi connectivity index (χ2v) is 5.53. The summed E-state index contributed by atoms with van der Waals surface area (Å²) in [6.45, 7) is 2.13. The molecule has 1 aromatic carbocycles. The van der Waals surface area contributed by atoms with Crippen LogP contribution in [-0.4, -0.2) is 14.5 Å². The van der Waals surface area contributed by atoms with Crippen molar-refractivity contribution in [2.75, 3.05) is 0 Å². The Morgan fingerprint density at radius 1 is 1.26 bits per heavy atom. The molecular weight excluding hydrogens is 254 g/mol. The molecule has 19 heavy (non-hydrogen) atoms. The van der Waals surface area contributed by atoms with E-state index in [2.05, 4.69) is 36.2 Å². The van der Waals surface area contributed by atoms with Crippen molar-refractivity contribution in [3.63, 3.8) is 0 Å². The molecule has 0 unspecified atom stereocenters. The van der Waals surface area contributed by atoms with E-state index in [0.717, 1.165) is 22.1 Å². The first-order valence-electron chi connectivity index (χ1n) is 6.19. The average Bonchev–Trinajstić information content (AvgIpc) is 2.82. The Bertz CT molecular complexity index is 718. The van der Waals surface area contributed by atoms with Crippen LogP contribution in [0.3, 0.4) is 0 Å². The molecule has 0 aliphatic heterocycles. The summed E-state index contributed by atoms with van der Waals surface area (Å²) < 4.78 is 2.04. The van der Waals surface area contributed by atoms with Crippen molar-refractivity contribution in [1.82, 2.24) is 14.5 Å². The van der Waals surface area contributed by atoms with Crippen LogP contribution in [0.5, 0.6) is 0 Å². The predicted molar refractivity (Wildman–Crippen MR) is 79.2 cm³/mol. The van der Waals surface area contributed by atoms with Crippen molar-refractivity contribution in [2.24, 2.45) is 7.05 Å². The maximum absolute atomic E-state index is 4.69. The highest BCUT2D eigenvalue weighted by Crippen LogP contribution is 2.25. The van der Waals surface area contributed by atoms with Gasteiger partial charge < -0.3 is 4.57 Å². The summed E-state index contributed by atoms with van der Waals surface area (Å²) in [6.07, 6.45) is 3.80. The van der Waals surface area contributed by atoms with Crippen LogP contribution in [0, 0.1) is 6.92 Å². The number of nitrogens with zero attached hydrogens (tertiary/aromatic N) is 3. The number of aryl methyl sites for hydroxylation is 2. The zero-order chi connectivity index (χ0) is 13.2. The van der Waals surface area contributed by atoms with Crippen LogP contribution < -0.4 is 0 Å². The first-order chi connectivity index (χ1) is 9.24. The van der Waals surface area contributed by atoms with E-state index in [-0.39, 0.29) is 0 Å². The first kappa shape index (κ1) is 12.2. The summed E-state index contributed by atoms with van der Waals surface area (Å²) in [4.78, 5) is 9.02. The van der Waals surface area contributed by atoms with Gasteiger partial charge in [-0.1, -0.05) is 30.0 Å². The van der Waals surface area contributed by atoms with E-state index in [9.17, 15) is 0 Å². The minimum absolute atomic E-state index is 0.842. The molecule has 96 valence electrons. The zero-order valence-electron chi connectivity index (χ0n) is 11.0. The quantitative estimate of drug-likeness (QED) is 0.681. The van der Waals surface area contributed by atoms with Gasteiger partial charge in [0.15, 0.2) is 0 Å². The number of rotatable bonds is 3. The monoisotopic (exact) mass is 269 g/mol. The van der Waals surface area contributed by atoms with Gasteiger partial charge in [0.25, 0.3) is 0 Å². The Labute approximate surface area is 116 Å². The van der Waals surface area contributed by atoms with Gasteiger partial charge in [-0.05, 0) is 24.6 Å². The van der Waals surface area contributed by atoms with Crippen molar-refractivity contribution in [1.29, 1.82) is 0 Å². The fraction of sp³-hybridized carbons (Fsp3) is 0.200. The van der Waals surface area contributed by atoms with E-state index in [0.29, 0.717) is 0 Å². The van der Waals surface area contributed by atoms with E-state index in [1.54, 1.807) is 11.8 Å². The third kappa shape index (κ3) is 2.49. The summed E-state index contributed by atoms with van der Waals surface area (Å²) >= 11 is 1.73. The Morgan fingerprint density at radius 2 is 2.11 bits per heavy atom. The molecule has 0 fully saturated rings. The number of para-hydroxylation sites is 1. The number of hydrogen-bond donors (Lipinski definition) is 0. The second kappa shape index (κ2) is 5.05. The van der Waals surface area contributed by atoms with Crippen molar-refractivity contribution >= 4 is 22.7 Å². The maximum atomic E-state index is 4.69. The topological polar surface area (TPSA) is 30.7 Å². The Hall–Kier alpha value is -1.81. The van der Waals surface area contributed by atoms with Gasteiger partial charge in [-0.3, -0.25) is 0 Å². The van der Waals surface area contributed by atoms with E-state index < -0.39 is 0 Å². The molecule has 3 nitrogen and oxygen atoms in total. The molecule has 0 aliphatic rings. The van der Waals surface area contributed by atoms with E-state index in [1.165, 1.54) is 10.9 Å². The van der Waals surface area contributed by atoms with Crippen molar-refractivity contribution < 1.29 is 0 Å². The molecule has 0 amide bonds. The Morgan fingerprint density at radius 3 is 2.89 bits per heavy atom. The highest BCUT2D eigenvalue weighted by atomic mass is 32.2. The second-order valence-electron chi connectivity index (χ2n) is 4.54. The largest absolute Gasteiger partial charge is 0.337 e. The van der Waals surface area contributed by atoms with Gasteiger partial charge in [-0.25, -0.2) is 9.97 Å². The molecule has 0 spiro atoms. The highest BCUT2D eigenvalue weighted by Gasteiger charge is 2.05. The molecule has 4 heteroatoms. The number of pyridine rings is 1. The van der Waals surface area contributed by atoms with Gasteiger partial charge in [-0.15, -0.1) is 0 Å². The lowest BCUT2D eigenvalue weighted by Gasteiger charge is -2.06. The number of hydrogen-bond acceptors (Lipinski definition) is 3. The predicted octanol–water partition coefficient (Wildman–Crippen LogP) is 3.57. The highest BCUT2D eigenvalue weighted by molar-refractivity contribution is 7.98. The number of aromatic nitrogens is 3. The molecule has 3 aromatic rings. The van der Waals surface area contributed by atoms with Gasteiger partial charge in [-0.2, -0.15) is 0 Å². The lowest BCUT2D eigenvalue weighted by Crippen LogP contribution is -1.95. The standard InChI is InChI=1S/C15H15N3S/c1-11-9-15(17-13-6-4-3-5-12(11)13)19-10-14-16-7-8-18(14)2/h3-9H,10H2,1-2H3. The summed E-state index contributed by atoms with van der Waals surface area (Å²) in [5.41, 5.74) is 2.33. The average molecular weight is 269 g/mol. The molecule has 3 rings (SSSR count). The van der Waals surface area contributed by atoms with Crippen LogP contribution in [0.4, 0.5) is 0 Å². The summed E-state index contributed by atoms with van der Waals surface area (Å²) in [5.74, 6) is 1.91. The first-order valence-corrected chi connectivity index (χ1v) is 7.18. The smallest absolute Gasteiger partial charge is 0.118 e. The van der Waals surface area contributed by atoms with E-state index in [4.69, 9.17) is 4.98 Å². The maximum Gasteiger partial charge on any atom is 0.118 e. The van der Waals surface area contributed by atoms with Crippen LogP contribution in [0.2, 0.25) is 0 Å². The van der Waals surface area contributed by atoms with Crippen LogP contribution in [0.1, 0.15) is 11.4 Å². The van der Waals surface area contributed by atoms with Gasteiger partial charge in [0.1, 0.15) is 5.82 Å². The summed E-state index contributed by atoms with van der Waals surface area (Å²) in [7, 11) is 2.02. The lowest BCUT2D eigenvalue weighted by molar-refractivity contribution is 0.848. The van der Waals surface area contributed by atoms with Gasteiger partial charge in [0, 0.05) is 24.8 Å². The number of thioether (sulfide) groups is 1. The molecule has 0 atom stereocenters. The number of fused-ring (bicyclic) bond motifs is 1. The van der Waals surface area contributed by atoms with Gasteiger partial charge in [0.2, 0.25) is 0 Å². The molecule has 0 radical (unpaired) electrons. The summed E-state index contributed by atoms with van der Waals surface area (Å²) in [6, 6.07) is 10.4. The van der Waals surface area contributed by atoms with Gasteiger partial charge in [0.05, 0.1) is 16.3 Å². The van der Waals surface area contributed by atoms with Crippen LogP contribution in [0.25, 0.3) is 10.9 Å². The molecule has 0 aliphatic carbocycles. The van der Waals surface area contributed by atoms with E-state index >= 15 is 0 Å². The molecule has 2 heterocycles. The SMILES string of the molecule is Cc1cc(SCc2nccn2C)nc2ccccc12. The van der Waals surface area contributed by atoms with Crippen molar-refractivity contribution in [2.45, 2.75) is 17.7 Å². The number of benzene rings is 1. The minimum Gasteiger partial charge on any atom is -0.337 e. The van der Waals surface area contributed by atoms with E-state index in [1.807, 2.05) is 30.1 Å². The van der Waals surface area contributed by atoms with Crippen LogP contribution >= 0.6 is 11.8 Å². The Balaban J connectivity index is 1.87. The molecule has 0 N–H and O–H groups in total. The third-order valence-corrected chi connectivity index (χ3v) is 4.08. The fourth-order valence-corrected chi connectivity index (χ4v) is 3.04. The third-order valence-electron chi connectivity index (χ3n) is 3.17. The zero-order valence-corrected chi connectivity index (χ0v) is 11.8. The Kier molecular flexibility index (Phi) is 3.25. The minimum atomic E-state index is 0.842.